The first-order chi connectivity index (χ1) is 14.6. The molecule has 30 heavy (non-hydrogen) atoms. The van der Waals surface area contributed by atoms with Crippen LogP contribution in [0.25, 0.3) is 0 Å². The van der Waals surface area contributed by atoms with Gasteiger partial charge in [-0.25, -0.2) is 14.3 Å². The fourth-order valence-corrected chi connectivity index (χ4v) is 3.26. The fraction of sp³-hybridized carbons (Fsp3) is 0.450. The second-order valence-electron chi connectivity index (χ2n) is 6.93. The molecule has 1 atom stereocenters. The van der Waals surface area contributed by atoms with Gasteiger partial charge in [-0.1, -0.05) is 35.5 Å². The van der Waals surface area contributed by atoms with Crippen LogP contribution in [0.3, 0.4) is 0 Å². The Hall–Kier alpha value is -3.43. The van der Waals surface area contributed by atoms with Crippen LogP contribution in [0.5, 0.6) is 0 Å². The number of alkyl carbamates (subject to hydrolysis) is 1. The summed E-state index contributed by atoms with van der Waals surface area (Å²) in [5.74, 6) is -0.662. The van der Waals surface area contributed by atoms with Gasteiger partial charge in [0.1, 0.15) is 19.2 Å². The van der Waals surface area contributed by atoms with Crippen LogP contribution in [0.4, 0.5) is 4.79 Å². The van der Waals surface area contributed by atoms with Gasteiger partial charge in [-0.15, -0.1) is 5.10 Å². The van der Waals surface area contributed by atoms with Gasteiger partial charge in [0, 0.05) is 6.54 Å². The molecule has 2 heterocycles. The molecule has 10 heteroatoms. The van der Waals surface area contributed by atoms with Gasteiger partial charge in [-0.3, -0.25) is 4.79 Å². The van der Waals surface area contributed by atoms with Crippen LogP contribution in [0, 0.1) is 0 Å². The summed E-state index contributed by atoms with van der Waals surface area (Å²) in [7, 11) is 1.31. The Labute approximate surface area is 174 Å². The molecular formula is C20H25N5O5. The molecule has 0 saturated carbocycles. The van der Waals surface area contributed by atoms with Crippen LogP contribution in [0.2, 0.25) is 0 Å². The lowest BCUT2D eigenvalue weighted by molar-refractivity contribution is -0.155. The maximum absolute atomic E-state index is 12.4. The lowest BCUT2D eigenvalue weighted by Crippen LogP contribution is -2.49. The molecule has 160 valence electrons. The number of nitrogens with zero attached hydrogens (tertiary/aromatic N) is 4. The highest BCUT2D eigenvalue weighted by Gasteiger charge is 2.34. The monoisotopic (exact) mass is 415 g/mol. The van der Waals surface area contributed by atoms with E-state index in [1.54, 1.807) is 6.20 Å². The minimum Gasteiger partial charge on any atom is -0.467 e. The van der Waals surface area contributed by atoms with E-state index in [0.29, 0.717) is 25.8 Å². The molecule has 10 nitrogen and oxygen atoms in total. The Morgan fingerprint density at radius 3 is 2.77 bits per heavy atom. The normalized spacial score (nSPS) is 14.0. The highest BCUT2D eigenvalue weighted by atomic mass is 16.5. The smallest absolute Gasteiger partial charge is 0.407 e. The van der Waals surface area contributed by atoms with Crippen molar-refractivity contribution in [3.05, 3.63) is 47.8 Å². The van der Waals surface area contributed by atoms with Crippen molar-refractivity contribution in [1.82, 2.24) is 25.2 Å². The van der Waals surface area contributed by atoms with E-state index in [9.17, 15) is 14.4 Å². The first kappa shape index (κ1) is 21.3. The predicted octanol–water partition coefficient (Wildman–Crippen LogP) is 1.26. The molecule has 0 aliphatic carbocycles. The SMILES string of the molecule is COC(=O)[C@H](CCCCNC(=O)OCc1ccccc1)N1Cc2cnnn2CC1=O. The number of hydrogen-bond donors (Lipinski definition) is 1. The van der Waals surface area contributed by atoms with E-state index in [0.717, 1.165) is 11.3 Å². The Balaban J connectivity index is 1.41. The Bertz CT molecular complexity index is 869. The second-order valence-corrected chi connectivity index (χ2v) is 6.93. The number of benzene rings is 1. The second kappa shape index (κ2) is 10.4. The molecule has 1 aromatic carbocycles. The standard InChI is InChI=1S/C20H25N5O5/c1-29-19(27)17(24-12-16-11-22-23-25(16)13-18(24)26)9-5-6-10-21-20(28)30-14-15-7-3-2-4-8-15/h2-4,7-8,11,17H,5-6,9-10,12-14H2,1H3,(H,21,28)/t17-/m0/s1. The molecule has 0 spiro atoms. The van der Waals surface area contributed by atoms with E-state index in [1.807, 2.05) is 30.3 Å². The van der Waals surface area contributed by atoms with Crippen molar-refractivity contribution in [3.8, 4) is 0 Å². The zero-order valence-corrected chi connectivity index (χ0v) is 16.8. The van der Waals surface area contributed by atoms with Crippen LogP contribution < -0.4 is 5.32 Å². The molecule has 2 aromatic rings. The van der Waals surface area contributed by atoms with Gasteiger partial charge in [0.25, 0.3) is 0 Å². The van der Waals surface area contributed by atoms with Gasteiger partial charge >= 0.3 is 12.1 Å². The fourth-order valence-electron chi connectivity index (χ4n) is 3.26. The Kier molecular flexibility index (Phi) is 7.36. The average Bonchev–Trinajstić information content (AvgIpc) is 3.22. The zero-order valence-electron chi connectivity index (χ0n) is 16.8. The number of amides is 2. The van der Waals surface area contributed by atoms with Crippen molar-refractivity contribution in [3.63, 3.8) is 0 Å². The third-order valence-corrected chi connectivity index (χ3v) is 4.87. The maximum Gasteiger partial charge on any atom is 0.407 e. The Morgan fingerprint density at radius 1 is 1.20 bits per heavy atom. The van der Waals surface area contributed by atoms with Gasteiger partial charge in [0.05, 0.1) is 25.5 Å². The summed E-state index contributed by atoms with van der Waals surface area (Å²) in [6.07, 6.45) is 2.78. The average molecular weight is 415 g/mol. The number of esters is 1. The number of methoxy groups -OCH3 is 1. The molecule has 0 fully saturated rings. The maximum atomic E-state index is 12.4. The number of ether oxygens (including phenoxy) is 2. The first-order valence-electron chi connectivity index (χ1n) is 9.77. The largest absolute Gasteiger partial charge is 0.467 e. The molecule has 1 aliphatic rings. The van der Waals surface area contributed by atoms with Crippen LogP contribution in [0.1, 0.15) is 30.5 Å². The summed E-state index contributed by atoms with van der Waals surface area (Å²) >= 11 is 0. The lowest BCUT2D eigenvalue weighted by atomic mass is 10.1. The third kappa shape index (κ3) is 5.56. The summed E-state index contributed by atoms with van der Waals surface area (Å²) in [5.41, 5.74) is 1.68. The summed E-state index contributed by atoms with van der Waals surface area (Å²) in [5, 5.41) is 10.3. The lowest BCUT2D eigenvalue weighted by Gasteiger charge is -2.32. The van der Waals surface area contributed by atoms with E-state index < -0.39 is 18.1 Å². The van der Waals surface area contributed by atoms with Crippen molar-refractivity contribution in [2.45, 2.75) is 45.0 Å². The molecule has 0 saturated heterocycles. The number of carbonyl (C=O) groups excluding carboxylic acids is 3. The van der Waals surface area contributed by atoms with E-state index >= 15 is 0 Å². The van der Waals surface area contributed by atoms with E-state index in [4.69, 9.17) is 9.47 Å². The number of nitrogens with one attached hydrogen (secondary N) is 1. The van der Waals surface area contributed by atoms with E-state index in [2.05, 4.69) is 15.6 Å². The van der Waals surface area contributed by atoms with Crippen LogP contribution in [-0.4, -0.2) is 57.6 Å². The van der Waals surface area contributed by atoms with Crippen LogP contribution in [0.15, 0.2) is 36.5 Å². The Morgan fingerprint density at radius 2 is 2.00 bits per heavy atom. The van der Waals surface area contributed by atoms with Crippen LogP contribution >= 0.6 is 0 Å². The number of fused-ring (bicyclic) bond motifs is 1. The van der Waals surface area contributed by atoms with Gasteiger partial charge in [-0.05, 0) is 24.8 Å². The van der Waals surface area contributed by atoms with Crippen molar-refractivity contribution in [1.29, 1.82) is 0 Å². The molecule has 0 unspecified atom stereocenters. The van der Waals surface area contributed by atoms with Gasteiger partial charge in [0.2, 0.25) is 5.91 Å². The molecule has 1 N–H and O–H groups in total. The third-order valence-electron chi connectivity index (χ3n) is 4.87. The topological polar surface area (TPSA) is 116 Å². The number of hydrogen-bond acceptors (Lipinski definition) is 7. The molecule has 1 aliphatic heterocycles. The van der Waals surface area contributed by atoms with E-state index in [1.165, 1.54) is 16.7 Å². The molecule has 0 bridgehead atoms. The highest BCUT2D eigenvalue weighted by molar-refractivity contribution is 5.85. The van der Waals surface area contributed by atoms with E-state index in [-0.39, 0.29) is 25.6 Å². The predicted molar refractivity (Wildman–Crippen MR) is 105 cm³/mol. The van der Waals surface area contributed by atoms with Gasteiger partial charge < -0.3 is 19.7 Å². The van der Waals surface area contributed by atoms with Crippen molar-refractivity contribution < 1.29 is 23.9 Å². The number of rotatable bonds is 9. The van der Waals surface area contributed by atoms with Crippen LogP contribution in [-0.2, 0) is 38.8 Å². The quantitative estimate of drug-likeness (QED) is 0.484. The number of aromatic nitrogens is 3. The molecule has 1 aromatic heterocycles. The molecule has 0 radical (unpaired) electrons. The molecule has 2 amide bonds. The zero-order chi connectivity index (χ0) is 21.3. The van der Waals surface area contributed by atoms with Crippen molar-refractivity contribution in [2.75, 3.05) is 13.7 Å². The molecule has 3 rings (SSSR count). The number of unbranched alkanes of at least 4 members (excludes halogenated alkanes) is 1. The summed E-state index contributed by atoms with van der Waals surface area (Å²) in [6.45, 7) is 0.930. The minimum absolute atomic E-state index is 0.0532. The summed E-state index contributed by atoms with van der Waals surface area (Å²) in [4.78, 5) is 38.0. The minimum atomic E-state index is -0.684. The van der Waals surface area contributed by atoms with Gasteiger partial charge in [-0.2, -0.15) is 0 Å². The van der Waals surface area contributed by atoms with Gasteiger partial charge in [0.15, 0.2) is 0 Å². The highest BCUT2D eigenvalue weighted by Crippen LogP contribution is 2.19. The molecular weight excluding hydrogens is 390 g/mol. The summed E-state index contributed by atoms with van der Waals surface area (Å²) < 4.78 is 11.6. The number of carbonyl (C=O) groups is 3. The summed E-state index contributed by atoms with van der Waals surface area (Å²) in [6, 6.07) is 8.73. The first-order valence-corrected chi connectivity index (χ1v) is 9.77. The van der Waals surface area contributed by atoms with Crippen molar-refractivity contribution in [2.24, 2.45) is 0 Å². The van der Waals surface area contributed by atoms with Crippen molar-refractivity contribution >= 4 is 18.0 Å².